The molecule has 1 fully saturated rings. The molecule has 1 saturated heterocycles. The van der Waals surface area contributed by atoms with Gasteiger partial charge in [-0.05, 0) is 23.3 Å². The van der Waals surface area contributed by atoms with E-state index in [-0.39, 0.29) is 18.1 Å². The van der Waals surface area contributed by atoms with E-state index in [2.05, 4.69) is 34.5 Å². The predicted molar refractivity (Wildman–Crippen MR) is 134 cm³/mol. The number of amides is 2. The number of piperazine rings is 1. The number of benzene rings is 3. The number of rotatable bonds is 7. The van der Waals surface area contributed by atoms with E-state index in [9.17, 15) is 4.79 Å². The standard InChI is InChI=1S/C27H32N4O3/c1-33-22-13-14-23(24(19-22)34-2)29-27(32)31-17-15-30(16-18-31)26(21-11-7-4-8-12-21)25(28)20-9-5-3-6-10-20/h3-14,19,25-26H,15-18,28H2,1-2H3,(H,29,32)/t25-,26+/m0/s1. The number of carbonyl (C=O) groups is 1. The number of carbonyl (C=O) groups excluding carboxylic acids is 1. The summed E-state index contributed by atoms with van der Waals surface area (Å²) < 4.78 is 10.6. The molecule has 0 unspecified atom stereocenters. The van der Waals surface area contributed by atoms with Gasteiger partial charge in [0.15, 0.2) is 0 Å². The summed E-state index contributed by atoms with van der Waals surface area (Å²) in [5.41, 5.74) is 9.69. The van der Waals surface area contributed by atoms with Crippen molar-refractivity contribution in [3.8, 4) is 11.5 Å². The minimum atomic E-state index is -0.174. The lowest BCUT2D eigenvalue weighted by Crippen LogP contribution is -2.52. The minimum Gasteiger partial charge on any atom is -0.497 e. The van der Waals surface area contributed by atoms with Crippen LogP contribution in [-0.2, 0) is 0 Å². The average molecular weight is 461 g/mol. The van der Waals surface area contributed by atoms with Gasteiger partial charge in [-0.3, -0.25) is 4.90 Å². The van der Waals surface area contributed by atoms with E-state index in [1.807, 2.05) is 41.3 Å². The molecule has 0 bridgehead atoms. The summed E-state index contributed by atoms with van der Waals surface area (Å²) >= 11 is 0. The van der Waals surface area contributed by atoms with Crippen LogP contribution in [0.5, 0.6) is 11.5 Å². The molecule has 3 N–H and O–H groups in total. The Morgan fingerprint density at radius 2 is 1.47 bits per heavy atom. The highest BCUT2D eigenvalue weighted by Crippen LogP contribution is 2.33. The molecule has 1 aliphatic heterocycles. The summed E-state index contributed by atoms with van der Waals surface area (Å²) in [6.07, 6.45) is 0. The van der Waals surface area contributed by atoms with Gasteiger partial charge in [-0.15, -0.1) is 0 Å². The Bertz CT molecular complexity index is 1070. The number of hydrogen-bond donors (Lipinski definition) is 2. The van der Waals surface area contributed by atoms with Crippen molar-refractivity contribution in [3.05, 3.63) is 90.0 Å². The summed E-state index contributed by atoms with van der Waals surface area (Å²) in [7, 11) is 3.17. The van der Waals surface area contributed by atoms with E-state index >= 15 is 0 Å². The topological polar surface area (TPSA) is 80.1 Å². The van der Waals surface area contributed by atoms with E-state index in [1.54, 1.807) is 32.4 Å². The zero-order chi connectivity index (χ0) is 23.9. The highest BCUT2D eigenvalue weighted by atomic mass is 16.5. The maximum atomic E-state index is 13.0. The zero-order valence-electron chi connectivity index (χ0n) is 19.7. The smallest absolute Gasteiger partial charge is 0.322 e. The van der Waals surface area contributed by atoms with E-state index in [1.165, 1.54) is 5.56 Å². The van der Waals surface area contributed by atoms with Crippen molar-refractivity contribution >= 4 is 11.7 Å². The summed E-state index contributed by atoms with van der Waals surface area (Å²) in [5.74, 6) is 1.23. The normalized spacial score (nSPS) is 15.9. The molecule has 0 aliphatic carbocycles. The molecule has 0 saturated carbocycles. The van der Waals surface area contributed by atoms with Crippen molar-refractivity contribution in [2.24, 2.45) is 5.73 Å². The molecule has 2 atom stereocenters. The number of nitrogens with one attached hydrogen (secondary N) is 1. The molecule has 1 aliphatic rings. The second kappa shape index (κ2) is 11.0. The van der Waals surface area contributed by atoms with Gasteiger partial charge in [0.05, 0.1) is 25.9 Å². The van der Waals surface area contributed by atoms with Crippen molar-refractivity contribution in [2.75, 3.05) is 45.7 Å². The van der Waals surface area contributed by atoms with Crippen LogP contribution in [0.2, 0.25) is 0 Å². The first-order chi connectivity index (χ1) is 16.6. The van der Waals surface area contributed by atoms with Gasteiger partial charge in [0.1, 0.15) is 11.5 Å². The summed E-state index contributed by atoms with van der Waals surface area (Å²) in [6.45, 7) is 2.67. The summed E-state index contributed by atoms with van der Waals surface area (Å²) in [4.78, 5) is 17.2. The molecule has 4 rings (SSSR count). The Balaban J connectivity index is 1.45. The number of anilines is 1. The minimum absolute atomic E-state index is 0.0236. The lowest BCUT2D eigenvalue weighted by molar-refractivity contribution is 0.100. The van der Waals surface area contributed by atoms with Crippen molar-refractivity contribution in [1.82, 2.24) is 9.80 Å². The third kappa shape index (κ3) is 5.32. The van der Waals surface area contributed by atoms with Crippen LogP contribution in [0.1, 0.15) is 23.2 Å². The molecular formula is C27H32N4O3. The number of nitrogens with two attached hydrogens (primary N) is 1. The van der Waals surface area contributed by atoms with E-state index in [0.717, 1.165) is 18.7 Å². The Labute approximate surface area is 201 Å². The highest BCUT2D eigenvalue weighted by molar-refractivity contribution is 5.91. The molecule has 7 heteroatoms. The Morgan fingerprint density at radius 3 is 2.06 bits per heavy atom. The lowest BCUT2D eigenvalue weighted by atomic mass is 9.92. The third-order valence-corrected chi connectivity index (χ3v) is 6.31. The Kier molecular flexibility index (Phi) is 7.67. The molecule has 34 heavy (non-hydrogen) atoms. The fraction of sp³-hybridized carbons (Fsp3) is 0.296. The molecule has 3 aromatic carbocycles. The molecule has 0 aromatic heterocycles. The fourth-order valence-electron chi connectivity index (χ4n) is 4.45. The summed E-state index contributed by atoms with van der Waals surface area (Å²) in [5, 5.41) is 2.97. The first-order valence-electron chi connectivity index (χ1n) is 11.5. The van der Waals surface area contributed by atoms with E-state index in [4.69, 9.17) is 15.2 Å². The molecule has 7 nitrogen and oxygen atoms in total. The van der Waals surface area contributed by atoms with Gasteiger partial charge in [0.2, 0.25) is 0 Å². The molecule has 0 spiro atoms. The maximum absolute atomic E-state index is 13.0. The lowest BCUT2D eigenvalue weighted by Gasteiger charge is -2.41. The number of ether oxygens (including phenoxy) is 2. The van der Waals surface area contributed by atoms with Gasteiger partial charge in [-0.2, -0.15) is 0 Å². The number of urea groups is 1. The van der Waals surface area contributed by atoms with Crippen molar-refractivity contribution < 1.29 is 14.3 Å². The van der Waals surface area contributed by atoms with Gasteiger partial charge in [0, 0.05) is 38.3 Å². The van der Waals surface area contributed by atoms with Crippen molar-refractivity contribution in [2.45, 2.75) is 12.1 Å². The van der Waals surface area contributed by atoms with Crippen molar-refractivity contribution in [3.63, 3.8) is 0 Å². The monoisotopic (exact) mass is 460 g/mol. The van der Waals surface area contributed by atoms with E-state index < -0.39 is 0 Å². The van der Waals surface area contributed by atoms with Gasteiger partial charge >= 0.3 is 6.03 Å². The highest BCUT2D eigenvalue weighted by Gasteiger charge is 2.31. The fourth-order valence-corrected chi connectivity index (χ4v) is 4.45. The Morgan fingerprint density at radius 1 is 0.853 bits per heavy atom. The van der Waals surface area contributed by atoms with Crippen LogP contribution in [0.15, 0.2) is 78.9 Å². The number of methoxy groups -OCH3 is 2. The van der Waals surface area contributed by atoms with E-state index in [0.29, 0.717) is 30.3 Å². The Hall–Kier alpha value is -3.55. The van der Waals surface area contributed by atoms with Gasteiger partial charge in [0.25, 0.3) is 0 Å². The van der Waals surface area contributed by atoms with Gasteiger partial charge in [-0.25, -0.2) is 4.79 Å². The first-order valence-corrected chi connectivity index (χ1v) is 11.5. The quantitative estimate of drug-likeness (QED) is 0.550. The average Bonchev–Trinajstić information content (AvgIpc) is 2.90. The van der Waals surface area contributed by atoms with Crippen LogP contribution in [0.3, 0.4) is 0 Å². The van der Waals surface area contributed by atoms with Crippen LogP contribution in [0, 0.1) is 0 Å². The second-order valence-electron chi connectivity index (χ2n) is 8.31. The molecule has 3 aromatic rings. The maximum Gasteiger partial charge on any atom is 0.322 e. The largest absolute Gasteiger partial charge is 0.497 e. The predicted octanol–water partition coefficient (Wildman–Crippen LogP) is 4.29. The summed E-state index contributed by atoms with van der Waals surface area (Å²) in [6, 6.07) is 25.6. The van der Waals surface area contributed by atoms with Crippen LogP contribution >= 0.6 is 0 Å². The van der Waals surface area contributed by atoms with Crippen LogP contribution < -0.4 is 20.5 Å². The SMILES string of the molecule is COc1ccc(NC(=O)N2CCN([C@H](c3ccccc3)[C@@H](N)c3ccccc3)CC2)c(OC)c1. The first kappa shape index (κ1) is 23.6. The van der Waals surface area contributed by atoms with Crippen LogP contribution in [0.4, 0.5) is 10.5 Å². The van der Waals surface area contributed by atoms with Crippen LogP contribution in [-0.4, -0.2) is 56.2 Å². The van der Waals surface area contributed by atoms with Crippen LogP contribution in [0.25, 0.3) is 0 Å². The molecule has 1 heterocycles. The number of nitrogens with zero attached hydrogens (tertiary/aromatic N) is 2. The van der Waals surface area contributed by atoms with Gasteiger partial charge < -0.3 is 25.4 Å². The molecular weight excluding hydrogens is 428 g/mol. The third-order valence-electron chi connectivity index (χ3n) is 6.31. The molecule has 2 amide bonds. The molecule has 178 valence electrons. The molecule has 0 radical (unpaired) electrons. The zero-order valence-corrected chi connectivity index (χ0v) is 19.7. The van der Waals surface area contributed by atoms with Gasteiger partial charge in [-0.1, -0.05) is 60.7 Å². The second-order valence-corrected chi connectivity index (χ2v) is 8.31. The van der Waals surface area contributed by atoms with Crippen molar-refractivity contribution in [1.29, 1.82) is 0 Å². The number of hydrogen-bond acceptors (Lipinski definition) is 5.